The van der Waals surface area contributed by atoms with Crippen molar-refractivity contribution in [3.8, 4) is 0 Å². The molecular formula is C17H30O7. The molecule has 7 heteroatoms. The Morgan fingerprint density at radius 1 is 0.708 bits per heavy atom. The van der Waals surface area contributed by atoms with Gasteiger partial charge in [0.1, 0.15) is 6.61 Å². The molecule has 24 heavy (non-hydrogen) atoms. The number of allylic oxidation sites excluding steroid dienone is 3. The molecule has 0 fully saturated rings. The Morgan fingerprint density at radius 3 is 0.792 bits per heavy atom. The normalized spacial score (nSPS) is 5.83. The fourth-order valence-electron chi connectivity index (χ4n) is 0. The van der Waals surface area contributed by atoms with Gasteiger partial charge in [-0.3, -0.25) is 0 Å². The fraction of sp³-hybridized carbons (Fsp3) is 0.235. The average molecular weight is 346 g/mol. The van der Waals surface area contributed by atoms with E-state index in [4.69, 9.17) is 25.2 Å². The van der Waals surface area contributed by atoms with Crippen LogP contribution in [0.2, 0.25) is 0 Å². The minimum absolute atomic E-state index is 0.778. The lowest BCUT2D eigenvalue weighted by Gasteiger charge is -1.72. The summed E-state index contributed by atoms with van der Waals surface area (Å²) in [7, 11) is 0. The van der Waals surface area contributed by atoms with Gasteiger partial charge in [0.2, 0.25) is 0 Å². The third kappa shape index (κ3) is 661. The Hall–Kier alpha value is -2.93. The number of carboxylic acid groups (broad SMARTS) is 3. The molecule has 0 saturated heterocycles. The van der Waals surface area contributed by atoms with Crippen molar-refractivity contribution in [3.05, 3.63) is 63.3 Å². The zero-order valence-corrected chi connectivity index (χ0v) is 14.6. The Kier molecular flexibility index (Phi) is 78.0. The quantitative estimate of drug-likeness (QED) is 0.456. The molecule has 0 aliphatic heterocycles. The summed E-state index contributed by atoms with van der Waals surface area (Å²) in [6.45, 7) is 20.9. The largest absolute Gasteiger partial charge is 0.480 e. The molecule has 0 bridgehead atoms. The molecule has 140 valence electrons. The molecule has 0 aliphatic carbocycles. The maximum absolute atomic E-state index is 9.25. The van der Waals surface area contributed by atoms with Gasteiger partial charge in [0.25, 0.3) is 0 Å². The number of rotatable bonds is 3. The van der Waals surface area contributed by atoms with E-state index < -0.39 is 24.5 Å². The Morgan fingerprint density at radius 2 is 0.792 bits per heavy atom. The molecule has 0 heterocycles. The van der Waals surface area contributed by atoms with Crippen LogP contribution in [0.3, 0.4) is 0 Å². The fourth-order valence-corrected chi connectivity index (χ4v) is 0. The highest BCUT2D eigenvalue weighted by Crippen LogP contribution is 1.55. The van der Waals surface area contributed by atoms with E-state index in [-0.39, 0.29) is 0 Å². The Bertz CT molecular complexity index is 313. The van der Waals surface area contributed by atoms with E-state index in [1.165, 1.54) is 0 Å². The van der Waals surface area contributed by atoms with Crippen molar-refractivity contribution >= 4 is 17.9 Å². The zero-order chi connectivity index (χ0) is 21.0. The standard InChI is InChI=1S/2C3H4O2.3C3H6.C2H4O3/c2*1-2-3(4)5;3*1-3-2;3-1-2(4)5/h2*2H,1H2,(H,4,5);3*3H,1H2,2H3;3H,1H2,(H,4,5). The van der Waals surface area contributed by atoms with E-state index in [1.807, 2.05) is 20.8 Å². The molecule has 0 rings (SSSR count). The van der Waals surface area contributed by atoms with Crippen LogP contribution in [0.25, 0.3) is 0 Å². The first kappa shape index (κ1) is 37.4. The van der Waals surface area contributed by atoms with Crippen molar-refractivity contribution in [1.82, 2.24) is 0 Å². The van der Waals surface area contributed by atoms with Gasteiger partial charge in [0, 0.05) is 12.2 Å². The molecule has 0 aromatic heterocycles. The van der Waals surface area contributed by atoms with Crippen molar-refractivity contribution in [1.29, 1.82) is 0 Å². The topological polar surface area (TPSA) is 132 Å². The van der Waals surface area contributed by atoms with Gasteiger partial charge in [0.15, 0.2) is 0 Å². The smallest absolute Gasteiger partial charge is 0.329 e. The summed E-state index contributed by atoms with van der Waals surface area (Å²) in [6.07, 6.45) is 6.92. The number of carboxylic acids is 3. The van der Waals surface area contributed by atoms with Crippen LogP contribution < -0.4 is 0 Å². The molecule has 7 nitrogen and oxygen atoms in total. The molecule has 0 amide bonds. The van der Waals surface area contributed by atoms with Gasteiger partial charge in [-0.05, 0) is 20.8 Å². The van der Waals surface area contributed by atoms with Crippen molar-refractivity contribution < 1.29 is 34.8 Å². The van der Waals surface area contributed by atoms with Gasteiger partial charge >= 0.3 is 17.9 Å². The van der Waals surface area contributed by atoms with Crippen molar-refractivity contribution in [2.24, 2.45) is 0 Å². The first-order valence-electron chi connectivity index (χ1n) is 6.30. The Labute approximate surface area is 144 Å². The van der Waals surface area contributed by atoms with Crippen LogP contribution in [0.1, 0.15) is 20.8 Å². The minimum Gasteiger partial charge on any atom is -0.480 e. The third-order valence-corrected chi connectivity index (χ3v) is 0.485. The van der Waals surface area contributed by atoms with Crippen molar-refractivity contribution in [2.75, 3.05) is 6.61 Å². The molecule has 4 N–H and O–H groups in total. The van der Waals surface area contributed by atoms with Gasteiger partial charge in [-0.25, -0.2) is 14.4 Å². The van der Waals surface area contributed by atoms with Crippen LogP contribution >= 0.6 is 0 Å². The summed E-state index contributed by atoms with van der Waals surface area (Å²) in [5.41, 5.74) is 0. The summed E-state index contributed by atoms with van der Waals surface area (Å²) in [5.74, 6) is -3.15. The monoisotopic (exact) mass is 346 g/mol. The second-order valence-electron chi connectivity index (χ2n) is 2.86. The molecule has 0 radical (unpaired) electrons. The van der Waals surface area contributed by atoms with Crippen LogP contribution in [-0.2, 0) is 14.4 Å². The molecule has 0 atom stereocenters. The van der Waals surface area contributed by atoms with Crippen LogP contribution in [0.4, 0.5) is 0 Å². The van der Waals surface area contributed by atoms with E-state index >= 15 is 0 Å². The summed E-state index contributed by atoms with van der Waals surface area (Å²) >= 11 is 0. The second-order valence-corrected chi connectivity index (χ2v) is 2.86. The SMILES string of the molecule is C=CC.C=CC.C=CC.C=CC(=O)O.C=CC(=O)O.O=C(O)CO. The predicted molar refractivity (Wildman–Crippen MR) is 98.0 cm³/mol. The minimum atomic E-state index is -1.19. The number of aliphatic hydroxyl groups is 1. The average Bonchev–Trinajstić information content (AvgIpc) is 2.50. The Balaban J connectivity index is -0.0000000413. The molecule has 0 aliphatic rings. The van der Waals surface area contributed by atoms with E-state index in [0.717, 1.165) is 12.2 Å². The van der Waals surface area contributed by atoms with Gasteiger partial charge in [0.05, 0.1) is 0 Å². The van der Waals surface area contributed by atoms with E-state index in [0.29, 0.717) is 0 Å². The number of carbonyl (C=O) groups is 3. The number of hydrogen-bond donors (Lipinski definition) is 4. The first-order valence-corrected chi connectivity index (χ1v) is 6.30. The van der Waals surface area contributed by atoms with Gasteiger partial charge in [-0.15, -0.1) is 19.7 Å². The molecule has 0 aromatic carbocycles. The molecule has 0 spiro atoms. The lowest BCUT2D eigenvalue weighted by Crippen LogP contribution is -1.98. The summed E-state index contributed by atoms with van der Waals surface area (Å²) < 4.78 is 0. The summed E-state index contributed by atoms with van der Waals surface area (Å²) in [6, 6.07) is 0. The lowest BCUT2D eigenvalue weighted by molar-refractivity contribution is -0.140. The van der Waals surface area contributed by atoms with Crippen molar-refractivity contribution in [3.63, 3.8) is 0 Å². The molecule has 0 unspecified atom stereocenters. The zero-order valence-electron chi connectivity index (χ0n) is 14.6. The lowest BCUT2D eigenvalue weighted by atomic mass is 10.7. The summed E-state index contributed by atoms with van der Waals surface area (Å²) in [5, 5.41) is 30.2. The second kappa shape index (κ2) is 50.1. The van der Waals surface area contributed by atoms with Gasteiger partial charge in [-0.1, -0.05) is 31.4 Å². The van der Waals surface area contributed by atoms with Crippen LogP contribution in [0.5, 0.6) is 0 Å². The predicted octanol–water partition coefficient (Wildman–Crippen LogP) is 3.15. The van der Waals surface area contributed by atoms with Gasteiger partial charge < -0.3 is 20.4 Å². The number of aliphatic hydroxyl groups excluding tert-OH is 1. The summed E-state index contributed by atoms with van der Waals surface area (Å²) in [4.78, 5) is 27.6. The van der Waals surface area contributed by atoms with E-state index in [1.54, 1.807) is 18.2 Å². The maximum atomic E-state index is 9.25. The first-order chi connectivity index (χ1) is 11.1. The van der Waals surface area contributed by atoms with Crippen LogP contribution in [-0.4, -0.2) is 44.9 Å². The van der Waals surface area contributed by atoms with Gasteiger partial charge in [-0.2, -0.15) is 0 Å². The molecule has 0 aromatic rings. The number of aliphatic carboxylic acids is 3. The highest BCUT2D eigenvalue weighted by molar-refractivity contribution is 5.79. The molecular weight excluding hydrogens is 316 g/mol. The maximum Gasteiger partial charge on any atom is 0.329 e. The van der Waals surface area contributed by atoms with Crippen LogP contribution in [0, 0.1) is 0 Å². The number of hydrogen-bond acceptors (Lipinski definition) is 4. The van der Waals surface area contributed by atoms with Crippen LogP contribution in [0.15, 0.2) is 63.3 Å². The highest BCUT2D eigenvalue weighted by atomic mass is 16.4. The third-order valence-electron chi connectivity index (χ3n) is 0.485. The van der Waals surface area contributed by atoms with E-state index in [9.17, 15) is 9.59 Å². The molecule has 0 saturated carbocycles. The highest BCUT2D eigenvalue weighted by Gasteiger charge is 1.82. The van der Waals surface area contributed by atoms with Crippen molar-refractivity contribution in [2.45, 2.75) is 20.8 Å². The van der Waals surface area contributed by atoms with E-state index in [2.05, 4.69) is 32.9 Å².